The summed E-state index contributed by atoms with van der Waals surface area (Å²) in [7, 11) is 0. The zero-order valence-corrected chi connectivity index (χ0v) is 8.81. The van der Waals surface area contributed by atoms with Gasteiger partial charge in [0, 0.05) is 0 Å². The fraction of sp³-hybridized carbons (Fsp3) is 1.00. The fourth-order valence-electron chi connectivity index (χ4n) is 0. The van der Waals surface area contributed by atoms with Crippen LogP contribution in [0, 0.1) is 0 Å². The van der Waals surface area contributed by atoms with Crippen LogP contribution in [0.25, 0.3) is 0 Å². The first-order valence-corrected chi connectivity index (χ1v) is 1.89. The van der Waals surface area contributed by atoms with E-state index in [0.29, 0.717) is 0 Å². The van der Waals surface area contributed by atoms with Crippen molar-refractivity contribution in [1.29, 1.82) is 0 Å². The fourth-order valence-corrected chi connectivity index (χ4v) is 0. The zero-order chi connectivity index (χ0) is 5.21. The van der Waals surface area contributed by atoms with Crippen LogP contribution < -0.4 is 29.6 Å². The second kappa shape index (κ2) is 6.56. The van der Waals surface area contributed by atoms with E-state index >= 15 is 0 Å². The molecule has 0 aromatic carbocycles. The molecule has 4 heteroatoms. The van der Waals surface area contributed by atoms with Gasteiger partial charge in [0.2, 0.25) is 0 Å². The van der Waals surface area contributed by atoms with Crippen molar-refractivity contribution < 1.29 is 56.8 Å². The van der Waals surface area contributed by atoms with Gasteiger partial charge in [-0.15, -0.1) is 0 Å². The summed E-state index contributed by atoms with van der Waals surface area (Å²) in [5.41, 5.74) is -0.403. The van der Waals surface area contributed by atoms with Crippen molar-refractivity contribution in [3.05, 3.63) is 0 Å². The predicted molar refractivity (Wildman–Crippen MR) is 23.5 cm³/mol. The number of hydrogen-bond acceptors (Lipinski definition) is 2. The standard InChI is InChI=1S/C4H10O2.Fe.Na/c1-4(2,3)6-5;;/h5H,1-3H3;;/q;+2;+1. The first-order valence-electron chi connectivity index (χ1n) is 1.89. The van der Waals surface area contributed by atoms with Crippen molar-refractivity contribution in [2.75, 3.05) is 0 Å². The van der Waals surface area contributed by atoms with Crippen LogP contribution in [0.5, 0.6) is 0 Å². The van der Waals surface area contributed by atoms with Crippen molar-refractivity contribution in [2.45, 2.75) is 26.4 Å². The monoisotopic (exact) mass is 169 g/mol. The molecular weight excluding hydrogens is 159 g/mol. The maximum absolute atomic E-state index is 7.90. The SMILES string of the molecule is CC(C)(C)OO.[Fe+2].[Na+]. The summed E-state index contributed by atoms with van der Waals surface area (Å²) in [5.74, 6) is 0. The summed E-state index contributed by atoms with van der Waals surface area (Å²) in [6.07, 6.45) is 0. The first-order chi connectivity index (χ1) is 2.56. The Kier molecular flexibility index (Phi) is 13.3. The molecule has 44 valence electrons. The number of hydrogen-bond donors (Lipinski definition) is 1. The van der Waals surface area contributed by atoms with Gasteiger partial charge in [-0.1, -0.05) is 0 Å². The summed E-state index contributed by atoms with van der Waals surface area (Å²) in [4.78, 5) is 3.94. The minimum atomic E-state index is -0.403. The molecule has 0 bridgehead atoms. The van der Waals surface area contributed by atoms with Crippen molar-refractivity contribution in [3.8, 4) is 0 Å². The Bertz CT molecular complexity index is 43.8. The average molecular weight is 169 g/mol. The molecule has 0 radical (unpaired) electrons. The molecule has 0 rings (SSSR count). The third-order valence-electron chi connectivity index (χ3n) is 0.274. The Balaban J connectivity index is -0.000000125. The maximum atomic E-state index is 7.90. The molecule has 8 heavy (non-hydrogen) atoms. The molecule has 0 aliphatic rings. The van der Waals surface area contributed by atoms with Crippen molar-refractivity contribution in [3.63, 3.8) is 0 Å². The quantitative estimate of drug-likeness (QED) is 0.265. The van der Waals surface area contributed by atoms with E-state index in [9.17, 15) is 0 Å². The Hall–Kier alpha value is 1.44. The Labute approximate surface area is 82.7 Å². The second-order valence-electron chi connectivity index (χ2n) is 2.20. The molecule has 0 aromatic heterocycles. The van der Waals surface area contributed by atoms with E-state index in [1.54, 1.807) is 20.8 Å². The molecule has 2 nitrogen and oxygen atoms in total. The molecule has 0 aliphatic heterocycles. The maximum Gasteiger partial charge on any atom is 2.00 e. The van der Waals surface area contributed by atoms with Crippen LogP contribution in [0.2, 0.25) is 0 Å². The van der Waals surface area contributed by atoms with E-state index in [-0.39, 0.29) is 46.6 Å². The smallest absolute Gasteiger partial charge is 0.251 e. The summed E-state index contributed by atoms with van der Waals surface area (Å²) in [5, 5.41) is 7.90. The van der Waals surface area contributed by atoms with Gasteiger partial charge in [-0.25, -0.2) is 4.89 Å². The zero-order valence-electron chi connectivity index (χ0n) is 5.71. The molecule has 0 spiro atoms. The molecule has 0 fully saturated rings. The molecule has 1 N–H and O–H groups in total. The van der Waals surface area contributed by atoms with Gasteiger partial charge in [0.1, 0.15) is 0 Å². The minimum absolute atomic E-state index is 0. The summed E-state index contributed by atoms with van der Waals surface area (Å²) < 4.78 is 0. The van der Waals surface area contributed by atoms with Gasteiger partial charge in [0.05, 0.1) is 5.60 Å². The molecule has 0 atom stereocenters. The van der Waals surface area contributed by atoms with Crippen molar-refractivity contribution >= 4 is 0 Å². The minimum Gasteiger partial charge on any atom is -0.251 e. The molecule has 0 saturated carbocycles. The van der Waals surface area contributed by atoms with Gasteiger partial charge >= 0.3 is 46.6 Å². The summed E-state index contributed by atoms with van der Waals surface area (Å²) >= 11 is 0. The Morgan fingerprint density at radius 1 is 1.25 bits per heavy atom. The molecule has 0 saturated heterocycles. The van der Waals surface area contributed by atoms with Crippen LogP contribution in [0.15, 0.2) is 0 Å². The van der Waals surface area contributed by atoms with E-state index in [2.05, 4.69) is 4.89 Å². The normalized spacial score (nSPS) is 9.00. The van der Waals surface area contributed by atoms with Crippen LogP contribution >= 0.6 is 0 Å². The average Bonchev–Trinajstić information content (AvgIpc) is 1.35. The number of rotatable bonds is 0. The molecular formula is C4H10FeNaO2+3. The Morgan fingerprint density at radius 2 is 1.38 bits per heavy atom. The summed E-state index contributed by atoms with van der Waals surface area (Å²) in [6.45, 7) is 5.31. The topological polar surface area (TPSA) is 29.5 Å². The van der Waals surface area contributed by atoms with Gasteiger partial charge < -0.3 is 0 Å². The van der Waals surface area contributed by atoms with E-state index in [0.717, 1.165) is 0 Å². The van der Waals surface area contributed by atoms with E-state index in [1.807, 2.05) is 0 Å². The van der Waals surface area contributed by atoms with Gasteiger partial charge in [-0.3, -0.25) is 5.26 Å². The van der Waals surface area contributed by atoms with Crippen molar-refractivity contribution in [2.24, 2.45) is 0 Å². The van der Waals surface area contributed by atoms with Crippen LogP contribution in [-0.4, -0.2) is 10.9 Å². The van der Waals surface area contributed by atoms with Gasteiger partial charge in [-0.2, -0.15) is 0 Å². The van der Waals surface area contributed by atoms with Gasteiger partial charge in [0.15, 0.2) is 0 Å². The van der Waals surface area contributed by atoms with Crippen LogP contribution in [0.1, 0.15) is 20.8 Å². The third-order valence-corrected chi connectivity index (χ3v) is 0.274. The van der Waals surface area contributed by atoms with Crippen molar-refractivity contribution in [1.82, 2.24) is 0 Å². The molecule has 0 heterocycles. The van der Waals surface area contributed by atoms with Gasteiger partial charge in [0.25, 0.3) is 0 Å². The van der Waals surface area contributed by atoms with E-state index in [1.165, 1.54) is 0 Å². The summed E-state index contributed by atoms with van der Waals surface area (Å²) in [6, 6.07) is 0. The van der Waals surface area contributed by atoms with E-state index in [4.69, 9.17) is 5.26 Å². The molecule has 0 aromatic rings. The third kappa shape index (κ3) is 15.7. The largest absolute Gasteiger partial charge is 2.00 e. The van der Waals surface area contributed by atoms with Crippen LogP contribution in [0.3, 0.4) is 0 Å². The van der Waals surface area contributed by atoms with Crippen LogP contribution in [0.4, 0.5) is 0 Å². The van der Waals surface area contributed by atoms with Crippen LogP contribution in [-0.2, 0) is 22.0 Å². The molecule has 0 aliphatic carbocycles. The molecule has 0 amide bonds. The van der Waals surface area contributed by atoms with Gasteiger partial charge in [-0.05, 0) is 20.8 Å². The van der Waals surface area contributed by atoms with E-state index < -0.39 is 5.60 Å². The predicted octanol–water partition coefficient (Wildman–Crippen LogP) is -1.72. The Morgan fingerprint density at radius 3 is 1.38 bits per heavy atom. The first kappa shape index (κ1) is 16.2. The second-order valence-corrected chi connectivity index (χ2v) is 2.20. The molecule has 0 unspecified atom stereocenters.